The zero-order valence-electron chi connectivity index (χ0n) is 12.3. The van der Waals surface area contributed by atoms with E-state index in [0.29, 0.717) is 16.8 Å². The van der Waals surface area contributed by atoms with Crippen molar-refractivity contribution in [3.05, 3.63) is 51.5 Å². The van der Waals surface area contributed by atoms with Crippen LogP contribution < -0.4 is 4.72 Å². The van der Waals surface area contributed by atoms with Gasteiger partial charge in [-0.3, -0.25) is 4.72 Å². The first-order chi connectivity index (χ1) is 10.6. The summed E-state index contributed by atoms with van der Waals surface area (Å²) in [6.45, 7) is 3.27. The number of carboxylic acids is 1. The molecule has 6 nitrogen and oxygen atoms in total. The van der Waals surface area contributed by atoms with Gasteiger partial charge in [-0.25, -0.2) is 13.2 Å². The van der Waals surface area contributed by atoms with E-state index in [1.54, 1.807) is 32.0 Å². The summed E-state index contributed by atoms with van der Waals surface area (Å²) in [4.78, 5) is 10.6. The first kappa shape index (κ1) is 17.3. The number of phenols is 1. The largest absolute Gasteiger partial charge is 0.506 e. The lowest BCUT2D eigenvalue weighted by Crippen LogP contribution is -2.15. The van der Waals surface area contributed by atoms with E-state index in [1.807, 2.05) is 0 Å². The van der Waals surface area contributed by atoms with E-state index >= 15 is 0 Å². The van der Waals surface area contributed by atoms with Gasteiger partial charge in [0, 0.05) is 4.47 Å². The second-order valence-corrected chi connectivity index (χ2v) is 7.60. The molecule has 0 radical (unpaired) electrons. The van der Waals surface area contributed by atoms with E-state index in [4.69, 9.17) is 5.11 Å². The second kappa shape index (κ2) is 6.21. The summed E-state index contributed by atoms with van der Waals surface area (Å²) in [5, 5.41) is 19.1. The molecule has 0 saturated heterocycles. The van der Waals surface area contributed by atoms with Gasteiger partial charge in [0.25, 0.3) is 10.0 Å². The molecule has 0 atom stereocenters. The number of carbonyl (C=O) groups is 1. The first-order valence-electron chi connectivity index (χ1n) is 6.47. The number of anilines is 1. The molecule has 3 N–H and O–H groups in total. The molecule has 0 amide bonds. The fraction of sp³-hybridized carbons (Fsp3) is 0.133. The third kappa shape index (κ3) is 3.65. The van der Waals surface area contributed by atoms with Gasteiger partial charge in [-0.15, -0.1) is 0 Å². The Morgan fingerprint density at radius 1 is 1.17 bits per heavy atom. The van der Waals surface area contributed by atoms with Gasteiger partial charge in [0.2, 0.25) is 0 Å². The zero-order valence-corrected chi connectivity index (χ0v) is 14.7. The lowest BCUT2D eigenvalue weighted by molar-refractivity contribution is 0.0693. The van der Waals surface area contributed by atoms with Gasteiger partial charge in [-0.1, -0.05) is 15.9 Å². The van der Waals surface area contributed by atoms with Gasteiger partial charge in [-0.05, 0) is 55.3 Å². The monoisotopic (exact) mass is 399 g/mol. The number of hydrogen-bond acceptors (Lipinski definition) is 4. The third-order valence-electron chi connectivity index (χ3n) is 3.17. The summed E-state index contributed by atoms with van der Waals surface area (Å²) < 4.78 is 28.2. The molecular weight excluding hydrogens is 386 g/mol. The molecule has 0 aliphatic heterocycles. The minimum Gasteiger partial charge on any atom is -0.506 e. The molecule has 2 aromatic carbocycles. The average Bonchev–Trinajstić information content (AvgIpc) is 2.43. The van der Waals surface area contributed by atoms with Crippen molar-refractivity contribution in [2.24, 2.45) is 0 Å². The van der Waals surface area contributed by atoms with Crippen LogP contribution in [-0.4, -0.2) is 24.6 Å². The lowest BCUT2D eigenvalue weighted by Gasteiger charge is -2.13. The maximum atomic E-state index is 12.5. The van der Waals surface area contributed by atoms with Crippen molar-refractivity contribution in [3.8, 4) is 5.75 Å². The van der Waals surface area contributed by atoms with Crippen LogP contribution in [0.5, 0.6) is 5.75 Å². The van der Waals surface area contributed by atoms with Gasteiger partial charge in [0.05, 0.1) is 5.69 Å². The predicted octanol–water partition coefficient (Wildman–Crippen LogP) is 3.27. The molecule has 8 heteroatoms. The molecule has 0 spiro atoms. The molecule has 0 aliphatic rings. The highest BCUT2D eigenvalue weighted by Gasteiger charge is 2.24. The average molecular weight is 400 g/mol. The Balaban J connectivity index is 2.54. The number of hydrogen-bond donors (Lipinski definition) is 3. The van der Waals surface area contributed by atoms with Crippen molar-refractivity contribution >= 4 is 37.6 Å². The highest BCUT2D eigenvalue weighted by Crippen LogP contribution is 2.31. The molecule has 0 heterocycles. The summed E-state index contributed by atoms with van der Waals surface area (Å²) in [6, 6.07) is 7.40. The molecule has 0 unspecified atom stereocenters. The number of sulfonamides is 1. The van der Waals surface area contributed by atoms with Crippen LogP contribution in [0.4, 0.5) is 5.69 Å². The van der Waals surface area contributed by atoms with E-state index in [1.165, 1.54) is 12.1 Å². The number of halogens is 1. The minimum atomic E-state index is -4.14. The maximum absolute atomic E-state index is 12.5. The van der Waals surface area contributed by atoms with E-state index in [-0.39, 0.29) is 0 Å². The van der Waals surface area contributed by atoms with Crippen LogP contribution in [0.15, 0.2) is 39.7 Å². The van der Waals surface area contributed by atoms with E-state index in [9.17, 15) is 18.3 Å². The highest BCUT2D eigenvalue weighted by atomic mass is 79.9. The van der Waals surface area contributed by atoms with Crippen LogP contribution in [-0.2, 0) is 10.0 Å². The van der Waals surface area contributed by atoms with Gasteiger partial charge in [-0.2, -0.15) is 0 Å². The molecule has 2 rings (SSSR count). The fourth-order valence-electron chi connectivity index (χ4n) is 2.05. The number of benzene rings is 2. The van der Waals surface area contributed by atoms with Gasteiger partial charge < -0.3 is 10.2 Å². The molecule has 0 aliphatic carbocycles. The summed E-state index contributed by atoms with van der Waals surface area (Å²) in [6.07, 6.45) is 0. The normalized spacial score (nSPS) is 11.3. The van der Waals surface area contributed by atoms with Crippen molar-refractivity contribution in [2.75, 3.05) is 4.72 Å². The Hall–Kier alpha value is -2.06. The van der Waals surface area contributed by atoms with Gasteiger partial charge in [0.1, 0.15) is 10.5 Å². The Morgan fingerprint density at radius 2 is 1.83 bits per heavy atom. The summed E-state index contributed by atoms with van der Waals surface area (Å²) >= 11 is 3.28. The van der Waals surface area contributed by atoms with Crippen LogP contribution in [0.3, 0.4) is 0 Å². The first-order valence-corrected chi connectivity index (χ1v) is 8.75. The number of rotatable bonds is 4. The quantitative estimate of drug-likeness (QED) is 0.731. The molecule has 0 fully saturated rings. The zero-order chi connectivity index (χ0) is 17.4. The van der Waals surface area contributed by atoms with E-state index < -0.39 is 32.2 Å². The number of aryl methyl sites for hydroxylation is 2. The number of nitrogens with one attached hydrogen (secondary N) is 1. The highest BCUT2D eigenvalue weighted by molar-refractivity contribution is 9.10. The Labute approximate surface area is 142 Å². The SMILES string of the molecule is Cc1cc(C(=O)O)c(O)c(S(=O)(=O)Nc2ccc(Br)cc2C)c1. The molecule has 0 bridgehead atoms. The lowest BCUT2D eigenvalue weighted by atomic mass is 10.1. The molecule has 2 aromatic rings. The predicted molar refractivity (Wildman–Crippen MR) is 89.5 cm³/mol. The Kier molecular flexibility index (Phi) is 4.67. The van der Waals surface area contributed by atoms with Gasteiger partial charge in [0.15, 0.2) is 5.75 Å². The van der Waals surface area contributed by atoms with Crippen LogP contribution in [0.1, 0.15) is 21.5 Å². The van der Waals surface area contributed by atoms with Crippen molar-refractivity contribution < 1.29 is 23.4 Å². The number of aromatic carboxylic acids is 1. The molecule has 122 valence electrons. The molecule has 0 saturated carbocycles. The Bertz CT molecular complexity index is 893. The van der Waals surface area contributed by atoms with Crippen LogP contribution in [0, 0.1) is 13.8 Å². The molecule has 23 heavy (non-hydrogen) atoms. The fourth-order valence-corrected chi connectivity index (χ4v) is 3.86. The Morgan fingerprint density at radius 3 is 2.39 bits per heavy atom. The van der Waals surface area contributed by atoms with E-state index in [2.05, 4.69) is 20.7 Å². The van der Waals surface area contributed by atoms with Crippen molar-refractivity contribution in [2.45, 2.75) is 18.7 Å². The van der Waals surface area contributed by atoms with E-state index in [0.717, 1.165) is 4.47 Å². The molecule has 0 aromatic heterocycles. The van der Waals surface area contributed by atoms with Crippen molar-refractivity contribution in [1.82, 2.24) is 0 Å². The summed E-state index contributed by atoms with van der Waals surface area (Å²) in [7, 11) is -4.14. The minimum absolute atomic E-state index is 0.339. The van der Waals surface area contributed by atoms with Gasteiger partial charge >= 0.3 is 5.97 Å². The van der Waals surface area contributed by atoms with Crippen LogP contribution in [0.2, 0.25) is 0 Å². The summed E-state index contributed by atoms with van der Waals surface area (Å²) in [5.41, 5.74) is 0.963. The van der Waals surface area contributed by atoms with Crippen molar-refractivity contribution in [3.63, 3.8) is 0 Å². The standard InChI is InChI=1S/C15H14BrNO5S/c1-8-5-11(15(19)20)14(18)13(6-8)23(21,22)17-12-4-3-10(16)7-9(12)2/h3-7,17-18H,1-2H3,(H,19,20). The second-order valence-electron chi connectivity index (χ2n) is 5.03. The van der Waals surface area contributed by atoms with Crippen molar-refractivity contribution in [1.29, 1.82) is 0 Å². The third-order valence-corrected chi connectivity index (χ3v) is 5.04. The van der Waals surface area contributed by atoms with Crippen LogP contribution in [0.25, 0.3) is 0 Å². The van der Waals surface area contributed by atoms with Crippen LogP contribution >= 0.6 is 15.9 Å². The molecular formula is C15H14BrNO5S. The summed E-state index contributed by atoms with van der Waals surface area (Å²) in [5.74, 6) is -2.19. The number of aromatic hydroxyl groups is 1. The smallest absolute Gasteiger partial charge is 0.339 e. The maximum Gasteiger partial charge on any atom is 0.339 e. The number of carboxylic acid groups (broad SMARTS) is 1. The topological polar surface area (TPSA) is 104 Å².